The summed E-state index contributed by atoms with van der Waals surface area (Å²) in [5, 5.41) is 5.73. The van der Waals surface area contributed by atoms with Crippen molar-refractivity contribution >= 4 is 32.8 Å². The van der Waals surface area contributed by atoms with E-state index >= 15 is 0 Å². The Morgan fingerprint density at radius 3 is 2.26 bits per heavy atom. The molecule has 1 amide bonds. The zero-order valence-electron chi connectivity index (χ0n) is 24.3. The van der Waals surface area contributed by atoms with E-state index in [0.717, 1.165) is 53.2 Å². The van der Waals surface area contributed by atoms with Gasteiger partial charge in [0.25, 0.3) is 11.8 Å². The number of pyridine rings is 1. The van der Waals surface area contributed by atoms with Gasteiger partial charge in [0.05, 0.1) is 22.5 Å². The molecule has 4 heterocycles. The minimum atomic E-state index is -4.08. The number of halogens is 3. The van der Waals surface area contributed by atoms with Gasteiger partial charge in [-0.3, -0.25) is 9.69 Å². The number of benzene rings is 1. The fraction of sp³-hybridized carbons (Fsp3) is 0.552. The van der Waals surface area contributed by atoms with Crippen LogP contribution in [0.4, 0.5) is 18.9 Å². The van der Waals surface area contributed by atoms with Crippen LogP contribution in [0.25, 0.3) is 16.7 Å². The fourth-order valence-corrected chi connectivity index (χ4v) is 6.69. The second-order valence-corrected chi connectivity index (χ2v) is 13.8. The van der Waals surface area contributed by atoms with E-state index in [-0.39, 0.29) is 30.5 Å². The highest BCUT2D eigenvalue weighted by atomic mass is 32.2. The molecule has 43 heavy (non-hydrogen) atoms. The second kappa shape index (κ2) is 11.4. The molecule has 10 nitrogen and oxygen atoms in total. The molecule has 2 saturated heterocycles. The van der Waals surface area contributed by atoms with Crippen LogP contribution < -0.4 is 9.62 Å². The molecule has 1 aliphatic carbocycles. The molecular weight excluding hydrogens is 583 g/mol. The van der Waals surface area contributed by atoms with Crippen LogP contribution in [0.1, 0.15) is 67.0 Å². The second-order valence-electron chi connectivity index (χ2n) is 12.0. The average molecular weight is 620 g/mol. The van der Waals surface area contributed by atoms with Crippen LogP contribution in [-0.4, -0.2) is 90.5 Å². The highest BCUT2D eigenvalue weighted by molar-refractivity contribution is 7.87. The first-order valence-corrected chi connectivity index (χ1v) is 16.2. The van der Waals surface area contributed by atoms with Gasteiger partial charge in [-0.15, -0.1) is 0 Å². The van der Waals surface area contributed by atoms with Crippen molar-refractivity contribution in [3.63, 3.8) is 0 Å². The molecule has 3 aromatic rings. The molecule has 3 fully saturated rings. The maximum Gasteiger partial charge on any atom is 0.303 e. The van der Waals surface area contributed by atoms with E-state index in [9.17, 15) is 26.4 Å². The molecule has 2 aliphatic heterocycles. The van der Waals surface area contributed by atoms with Crippen LogP contribution in [-0.2, 0) is 10.2 Å². The Bertz CT molecular complexity index is 1610. The van der Waals surface area contributed by atoms with Crippen molar-refractivity contribution in [2.24, 2.45) is 0 Å². The van der Waals surface area contributed by atoms with E-state index in [1.165, 1.54) is 26.2 Å². The van der Waals surface area contributed by atoms with E-state index in [0.29, 0.717) is 37.5 Å². The van der Waals surface area contributed by atoms with E-state index < -0.39 is 27.9 Å². The number of likely N-dealkylation sites (tertiary alicyclic amines) is 1. The lowest BCUT2D eigenvalue weighted by atomic mass is 9.82. The molecule has 1 saturated carbocycles. The summed E-state index contributed by atoms with van der Waals surface area (Å²) < 4.78 is 70.9. The molecule has 1 aromatic carbocycles. The molecule has 2 aromatic heterocycles. The Balaban J connectivity index is 1.41. The van der Waals surface area contributed by atoms with Crippen LogP contribution in [0, 0.1) is 5.82 Å². The summed E-state index contributed by atoms with van der Waals surface area (Å²) in [4.78, 5) is 22.3. The average Bonchev–Trinajstić information content (AvgIpc) is 3.31. The number of amides is 1. The van der Waals surface area contributed by atoms with Gasteiger partial charge in [0.15, 0.2) is 5.65 Å². The fourth-order valence-electron chi connectivity index (χ4n) is 6.17. The van der Waals surface area contributed by atoms with Gasteiger partial charge in [0.1, 0.15) is 11.5 Å². The molecule has 6 rings (SSSR count). The van der Waals surface area contributed by atoms with Crippen LogP contribution in [0.3, 0.4) is 0 Å². The molecule has 14 heteroatoms. The summed E-state index contributed by atoms with van der Waals surface area (Å²) in [6.07, 6.45) is 4.26. The number of carbonyl (C=O) groups excluding carboxylic acids is 1. The summed E-state index contributed by atoms with van der Waals surface area (Å²) in [6, 6.07) is 7.65. The highest BCUT2D eigenvalue weighted by Gasteiger charge is 2.38. The van der Waals surface area contributed by atoms with Crippen molar-refractivity contribution in [3.8, 4) is 5.69 Å². The predicted octanol–water partition coefficient (Wildman–Crippen LogP) is 4.06. The zero-order chi connectivity index (χ0) is 30.5. The third-order valence-corrected chi connectivity index (χ3v) is 10.4. The SMILES string of the molecule is CN(C)S(=O)(=O)NC(=O)c1cc(N2CCC(N3CCC(F)(F)CC3)CC2)c2c(C3CCC3)nn(-c3ccc(F)cc3)c2n1. The van der Waals surface area contributed by atoms with Crippen LogP contribution in [0.5, 0.6) is 0 Å². The Morgan fingerprint density at radius 2 is 1.67 bits per heavy atom. The van der Waals surface area contributed by atoms with Gasteiger partial charge < -0.3 is 4.90 Å². The van der Waals surface area contributed by atoms with Gasteiger partial charge in [-0.2, -0.15) is 17.8 Å². The summed E-state index contributed by atoms with van der Waals surface area (Å²) in [7, 11) is -1.44. The van der Waals surface area contributed by atoms with Crippen LogP contribution in [0.2, 0.25) is 0 Å². The van der Waals surface area contributed by atoms with Gasteiger partial charge in [-0.25, -0.2) is 27.6 Å². The minimum absolute atomic E-state index is 0.0864. The summed E-state index contributed by atoms with van der Waals surface area (Å²) in [5.74, 6) is -3.68. The molecule has 0 bridgehead atoms. The van der Waals surface area contributed by atoms with E-state index in [1.807, 2.05) is 0 Å². The first-order chi connectivity index (χ1) is 20.4. The van der Waals surface area contributed by atoms with Gasteiger partial charge >= 0.3 is 10.2 Å². The number of anilines is 1. The molecule has 0 atom stereocenters. The smallest absolute Gasteiger partial charge is 0.303 e. The van der Waals surface area contributed by atoms with Gasteiger partial charge in [0.2, 0.25) is 0 Å². The van der Waals surface area contributed by atoms with E-state index in [2.05, 4.69) is 19.5 Å². The summed E-state index contributed by atoms with van der Waals surface area (Å²) >= 11 is 0. The molecule has 0 spiro atoms. The lowest BCUT2D eigenvalue weighted by molar-refractivity contribution is -0.0646. The van der Waals surface area contributed by atoms with Crippen LogP contribution >= 0.6 is 0 Å². The molecule has 232 valence electrons. The Hall–Kier alpha value is -3.23. The van der Waals surface area contributed by atoms with Crippen molar-refractivity contribution in [2.75, 3.05) is 45.2 Å². The Morgan fingerprint density at radius 1 is 1.02 bits per heavy atom. The Labute approximate surface area is 249 Å². The largest absolute Gasteiger partial charge is 0.371 e. The van der Waals surface area contributed by atoms with Crippen molar-refractivity contribution in [1.29, 1.82) is 0 Å². The highest BCUT2D eigenvalue weighted by Crippen LogP contribution is 2.43. The third-order valence-electron chi connectivity index (χ3n) is 8.99. The first kappa shape index (κ1) is 29.8. The monoisotopic (exact) mass is 619 g/mol. The number of piperidine rings is 2. The normalized spacial score (nSPS) is 20.5. The molecule has 0 radical (unpaired) electrons. The van der Waals surface area contributed by atoms with Gasteiger partial charge in [-0.1, -0.05) is 6.42 Å². The minimum Gasteiger partial charge on any atom is -0.371 e. The number of nitrogens with one attached hydrogen (secondary N) is 1. The molecule has 3 aliphatic rings. The predicted molar refractivity (Wildman–Crippen MR) is 156 cm³/mol. The number of alkyl halides is 2. The summed E-state index contributed by atoms with van der Waals surface area (Å²) in [6.45, 7) is 2.00. The number of hydrogen-bond acceptors (Lipinski definition) is 7. The van der Waals surface area contributed by atoms with Crippen molar-refractivity contribution in [1.82, 2.24) is 28.7 Å². The van der Waals surface area contributed by atoms with Crippen molar-refractivity contribution < 1.29 is 26.4 Å². The number of rotatable bonds is 7. The number of aromatic nitrogens is 3. The first-order valence-electron chi connectivity index (χ1n) is 14.7. The third kappa shape index (κ3) is 5.96. The van der Waals surface area contributed by atoms with Crippen molar-refractivity contribution in [2.45, 2.75) is 62.8 Å². The molecule has 0 unspecified atom stereocenters. The van der Waals surface area contributed by atoms with Crippen LogP contribution in [0.15, 0.2) is 30.3 Å². The van der Waals surface area contributed by atoms with Crippen molar-refractivity contribution in [3.05, 3.63) is 47.5 Å². The molecule has 1 N–H and O–H groups in total. The lowest BCUT2D eigenvalue weighted by Crippen LogP contribution is -2.49. The lowest BCUT2D eigenvalue weighted by Gasteiger charge is -2.42. The number of carbonyl (C=O) groups is 1. The summed E-state index contributed by atoms with van der Waals surface area (Å²) in [5.41, 5.74) is 2.45. The Kier molecular flexibility index (Phi) is 7.88. The van der Waals surface area contributed by atoms with Gasteiger partial charge in [0, 0.05) is 65.1 Å². The number of hydrogen-bond donors (Lipinski definition) is 1. The van der Waals surface area contributed by atoms with E-state index in [1.54, 1.807) is 22.9 Å². The van der Waals surface area contributed by atoms with E-state index in [4.69, 9.17) is 5.10 Å². The topological polar surface area (TPSA) is 104 Å². The zero-order valence-corrected chi connectivity index (χ0v) is 25.1. The standard InChI is InChI=1S/C29H36F3N7O3S/c1-36(2)43(41,42)35-28(40)23-18-24(38-14-10-21(11-15-38)37-16-12-29(31,32)13-17-37)25-26(19-4-3-5-19)34-39(27(25)33-23)22-8-6-20(30)7-9-22/h6-9,18-19,21H,3-5,10-17H2,1-2H3,(H,35,40). The maximum atomic E-state index is 13.8. The maximum absolute atomic E-state index is 13.8. The van der Waals surface area contributed by atoms with Gasteiger partial charge in [-0.05, 0) is 56.0 Å². The number of nitrogens with zero attached hydrogens (tertiary/aromatic N) is 6. The molecular formula is C29H36F3N7O3S. The number of fused-ring (bicyclic) bond motifs is 1. The quantitative estimate of drug-likeness (QED) is 0.426.